The first-order valence-corrected chi connectivity index (χ1v) is 8.08. The molecule has 24 heavy (non-hydrogen) atoms. The summed E-state index contributed by atoms with van der Waals surface area (Å²) in [6.45, 7) is 0. The number of aliphatic carboxylic acids is 1. The number of fused-ring (bicyclic) bond motifs is 1. The second-order valence-electron chi connectivity index (χ2n) is 5.68. The van der Waals surface area contributed by atoms with Crippen molar-refractivity contribution in [3.8, 4) is 5.75 Å². The van der Waals surface area contributed by atoms with Crippen molar-refractivity contribution in [2.75, 3.05) is 7.11 Å². The van der Waals surface area contributed by atoms with Gasteiger partial charge < -0.3 is 14.4 Å². The Balaban J connectivity index is 2.06. The van der Waals surface area contributed by atoms with E-state index in [1.54, 1.807) is 7.11 Å². The van der Waals surface area contributed by atoms with Crippen LogP contribution in [0.1, 0.15) is 18.4 Å². The number of benzene rings is 1. The maximum Gasteiger partial charge on any atom is 0.303 e. The molecule has 2 aromatic rings. The van der Waals surface area contributed by atoms with E-state index in [1.807, 2.05) is 53.4 Å². The molecule has 5 heteroatoms. The van der Waals surface area contributed by atoms with Crippen molar-refractivity contribution < 1.29 is 14.6 Å². The number of carbonyl (C=O) groups is 1. The van der Waals surface area contributed by atoms with E-state index in [2.05, 4.69) is 0 Å². The predicted molar refractivity (Wildman–Crippen MR) is 96.4 cm³/mol. The first-order valence-electron chi connectivity index (χ1n) is 7.70. The van der Waals surface area contributed by atoms with Gasteiger partial charge in [-0.2, -0.15) is 0 Å². The van der Waals surface area contributed by atoms with Gasteiger partial charge in [-0.15, -0.1) is 0 Å². The average molecular weight is 344 g/mol. The van der Waals surface area contributed by atoms with Crippen LogP contribution in [0.15, 0.2) is 53.2 Å². The molecule has 0 amide bonds. The molecule has 0 radical (unpaired) electrons. The smallest absolute Gasteiger partial charge is 0.303 e. The Labute approximate surface area is 145 Å². The van der Waals surface area contributed by atoms with E-state index in [1.165, 1.54) is 0 Å². The van der Waals surface area contributed by atoms with E-state index in [9.17, 15) is 4.79 Å². The lowest BCUT2D eigenvalue weighted by molar-refractivity contribution is -0.136. The number of nitrogens with zero attached hydrogens (tertiary/aromatic N) is 1. The summed E-state index contributed by atoms with van der Waals surface area (Å²) in [5.74, 6) is -0.0442. The molecule has 1 N–H and O–H groups in total. The third-order valence-corrected chi connectivity index (χ3v) is 4.22. The number of aryl methyl sites for hydroxylation is 1. The molecule has 1 aromatic carbocycles. The summed E-state index contributed by atoms with van der Waals surface area (Å²) in [4.78, 5) is 10.9. The first-order chi connectivity index (χ1) is 11.6. The largest absolute Gasteiger partial charge is 0.497 e. The number of carboxylic acids is 1. The Morgan fingerprint density at radius 1 is 1.46 bits per heavy atom. The zero-order valence-corrected chi connectivity index (χ0v) is 14.1. The summed E-state index contributed by atoms with van der Waals surface area (Å²) in [6.07, 6.45) is 11.3. The maximum atomic E-state index is 10.9. The van der Waals surface area contributed by atoms with E-state index in [4.69, 9.17) is 21.4 Å². The monoisotopic (exact) mass is 343 g/mol. The summed E-state index contributed by atoms with van der Waals surface area (Å²) in [5.41, 5.74) is 3.10. The van der Waals surface area contributed by atoms with E-state index >= 15 is 0 Å². The average Bonchev–Trinajstić information content (AvgIpc) is 2.90. The number of halogens is 1. The fourth-order valence-electron chi connectivity index (χ4n) is 2.84. The second kappa shape index (κ2) is 6.97. The van der Waals surface area contributed by atoms with Gasteiger partial charge in [-0.05, 0) is 54.3 Å². The van der Waals surface area contributed by atoms with Crippen LogP contribution in [0.4, 0.5) is 0 Å². The zero-order valence-electron chi connectivity index (χ0n) is 13.3. The molecule has 124 valence electrons. The Morgan fingerprint density at radius 3 is 3.00 bits per heavy atom. The fraction of sp³-hybridized carbons (Fsp3) is 0.211. The molecule has 0 saturated heterocycles. The highest BCUT2D eigenvalue weighted by molar-refractivity contribution is 6.31. The van der Waals surface area contributed by atoms with E-state index in [-0.39, 0.29) is 6.42 Å². The van der Waals surface area contributed by atoms with Crippen LogP contribution >= 0.6 is 11.6 Å². The summed E-state index contributed by atoms with van der Waals surface area (Å²) < 4.78 is 7.33. The third kappa shape index (κ3) is 3.54. The molecule has 0 saturated carbocycles. The van der Waals surface area contributed by atoms with Crippen molar-refractivity contribution in [2.24, 2.45) is 0 Å². The molecule has 0 spiro atoms. The highest BCUT2D eigenvalue weighted by Crippen LogP contribution is 2.29. The van der Waals surface area contributed by atoms with Gasteiger partial charge in [0, 0.05) is 29.2 Å². The molecule has 0 unspecified atom stereocenters. The third-order valence-electron chi connectivity index (χ3n) is 3.99. The lowest BCUT2D eigenvalue weighted by Crippen LogP contribution is -1.96. The highest BCUT2D eigenvalue weighted by atomic mass is 35.5. The minimum absolute atomic E-state index is 0.0986. The number of aromatic nitrogens is 1. The topological polar surface area (TPSA) is 51.5 Å². The van der Waals surface area contributed by atoms with Crippen molar-refractivity contribution in [1.29, 1.82) is 0 Å². The number of carboxylic acid groups (broad SMARTS) is 1. The van der Waals surface area contributed by atoms with Gasteiger partial charge in [0.05, 0.1) is 12.6 Å². The van der Waals surface area contributed by atoms with Crippen LogP contribution in [0.2, 0.25) is 0 Å². The molecule has 1 aromatic heterocycles. The van der Waals surface area contributed by atoms with Gasteiger partial charge in [0.2, 0.25) is 0 Å². The maximum absolute atomic E-state index is 10.9. The van der Waals surface area contributed by atoms with Crippen molar-refractivity contribution in [3.05, 3.63) is 58.8 Å². The van der Waals surface area contributed by atoms with Crippen LogP contribution in [-0.2, 0) is 11.2 Å². The Kier molecular flexibility index (Phi) is 4.76. The van der Waals surface area contributed by atoms with Crippen LogP contribution in [0.3, 0.4) is 0 Å². The van der Waals surface area contributed by atoms with Crippen LogP contribution in [0.5, 0.6) is 5.75 Å². The fourth-order valence-corrected chi connectivity index (χ4v) is 3.07. The molecule has 3 rings (SSSR count). The molecular formula is C19H18ClNO3. The molecule has 1 aliphatic rings. The van der Waals surface area contributed by atoms with Crippen molar-refractivity contribution in [2.45, 2.75) is 19.3 Å². The molecule has 1 heterocycles. The van der Waals surface area contributed by atoms with E-state index in [0.717, 1.165) is 34.2 Å². The minimum Gasteiger partial charge on any atom is -0.497 e. The van der Waals surface area contributed by atoms with Gasteiger partial charge in [0.15, 0.2) is 0 Å². The van der Waals surface area contributed by atoms with E-state index in [0.29, 0.717) is 11.5 Å². The number of hydrogen-bond acceptors (Lipinski definition) is 2. The Hall–Kier alpha value is -2.46. The van der Waals surface area contributed by atoms with Crippen LogP contribution < -0.4 is 4.74 Å². The minimum atomic E-state index is -0.802. The Morgan fingerprint density at radius 2 is 2.29 bits per heavy atom. The number of rotatable bonds is 5. The molecule has 0 aliphatic heterocycles. The molecule has 1 aliphatic carbocycles. The van der Waals surface area contributed by atoms with Crippen molar-refractivity contribution in [3.63, 3.8) is 0 Å². The Bertz CT molecular complexity index is 874. The number of hydrogen-bond donors (Lipinski definition) is 1. The second-order valence-corrected chi connectivity index (χ2v) is 6.11. The summed E-state index contributed by atoms with van der Waals surface area (Å²) in [7, 11) is 1.62. The molecule has 0 bridgehead atoms. The normalized spacial score (nSPS) is 15.8. The molecule has 0 fully saturated rings. The van der Waals surface area contributed by atoms with Crippen LogP contribution in [-0.4, -0.2) is 22.8 Å². The van der Waals surface area contributed by atoms with Crippen molar-refractivity contribution >= 4 is 34.7 Å². The SMILES string of the molecule is COc1ccc2c(c1)c(CCC(=O)O)cn2/C=C1\C=C(Cl)C=CC1. The van der Waals surface area contributed by atoms with Crippen LogP contribution in [0.25, 0.3) is 17.1 Å². The molecule has 0 atom stereocenters. The molecular weight excluding hydrogens is 326 g/mol. The zero-order chi connectivity index (χ0) is 17.1. The van der Waals surface area contributed by atoms with Gasteiger partial charge in [0.1, 0.15) is 5.75 Å². The number of ether oxygens (including phenoxy) is 1. The highest BCUT2D eigenvalue weighted by Gasteiger charge is 2.11. The first kappa shape index (κ1) is 16.4. The summed E-state index contributed by atoms with van der Waals surface area (Å²) >= 11 is 6.07. The lowest BCUT2D eigenvalue weighted by atomic mass is 10.1. The summed E-state index contributed by atoms with van der Waals surface area (Å²) in [5, 5.41) is 10.7. The molecule has 4 nitrogen and oxygen atoms in total. The van der Waals surface area contributed by atoms with Gasteiger partial charge >= 0.3 is 5.97 Å². The lowest BCUT2D eigenvalue weighted by Gasteiger charge is -2.06. The van der Waals surface area contributed by atoms with E-state index < -0.39 is 5.97 Å². The predicted octanol–water partition coefficient (Wildman–Crippen LogP) is 4.59. The quantitative estimate of drug-likeness (QED) is 0.863. The van der Waals surface area contributed by atoms with Crippen LogP contribution in [0, 0.1) is 0 Å². The van der Waals surface area contributed by atoms with Gasteiger partial charge in [-0.3, -0.25) is 4.79 Å². The van der Waals surface area contributed by atoms with Crippen molar-refractivity contribution in [1.82, 2.24) is 4.57 Å². The number of allylic oxidation sites excluding steroid dienone is 5. The standard InChI is InChI=1S/C19H18ClNO3/c1-24-16-6-7-18-17(10-16)14(5-8-19(22)23)12-21(18)11-13-3-2-4-15(20)9-13/h2,4,6-7,9-12H,3,5,8H2,1H3,(H,22,23)/b13-11-. The number of methoxy groups -OCH3 is 1. The summed E-state index contributed by atoms with van der Waals surface area (Å²) in [6, 6.07) is 5.84. The van der Waals surface area contributed by atoms with Gasteiger partial charge in [-0.25, -0.2) is 0 Å². The van der Waals surface area contributed by atoms with Gasteiger partial charge in [-0.1, -0.05) is 17.7 Å². The van der Waals surface area contributed by atoms with Gasteiger partial charge in [0.25, 0.3) is 0 Å².